The van der Waals surface area contributed by atoms with Gasteiger partial charge in [-0.1, -0.05) is 30.9 Å². The molecule has 2 aromatic rings. The molecular formula is C19H17ClF3NO4S. The second-order valence-electron chi connectivity index (χ2n) is 6.96. The van der Waals surface area contributed by atoms with Gasteiger partial charge in [0.2, 0.25) is 9.84 Å². The minimum atomic E-state index is -4.81. The summed E-state index contributed by atoms with van der Waals surface area (Å²) in [4.78, 5) is 9.99. The van der Waals surface area contributed by atoms with E-state index in [1.165, 1.54) is 6.07 Å². The first-order valence-corrected chi connectivity index (χ1v) is 10.8. The molecule has 2 aromatic carbocycles. The molecule has 0 amide bonds. The van der Waals surface area contributed by atoms with Gasteiger partial charge in [-0.05, 0) is 49.1 Å². The van der Waals surface area contributed by atoms with Crippen molar-refractivity contribution in [1.82, 2.24) is 0 Å². The number of halogens is 4. The summed E-state index contributed by atoms with van der Waals surface area (Å²) in [6.07, 6.45) is -0.651. The van der Waals surface area contributed by atoms with Gasteiger partial charge in [0.1, 0.15) is 0 Å². The molecule has 0 N–H and O–H groups in total. The molecule has 0 bridgehead atoms. The zero-order valence-electron chi connectivity index (χ0n) is 15.1. The fourth-order valence-corrected chi connectivity index (χ4v) is 5.18. The first-order valence-electron chi connectivity index (χ1n) is 8.92. The Morgan fingerprint density at radius 1 is 1.00 bits per heavy atom. The minimum absolute atomic E-state index is 0.157. The molecule has 1 aliphatic rings. The summed E-state index contributed by atoms with van der Waals surface area (Å²) in [6.45, 7) is 0. The number of nitro benzene ring substituents is 1. The second-order valence-corrected chi connectivity index (χ2v) is 9.31. The van der Waals surface area contributed by atoms with Crippen LogP contribution in [0.4, 0.5) is 18.9 Å². The topological polar surface area (TPSA) is 77.3 Å². The van der Waals surface area contributed by atoms with Gasteiger partial charge >= 0.3 is 6.18 Å². The van der Waals surface area contributed by atoms with E-state index < -0.39 is 36.4 Å². The van der Waals surface area contributed by atoms with Crippen molar-refractivity contribution in [3.8, 4) is 0 Å². The number of nitrogens with zero attached hydrogens (tertiary/aromatic N) is 1. The third-order valence-corrected chi connectivity index (χ3v) is 7.18. The highest BCUT2D eigenvalue weighted by Crippen LogP contribution is 2.40. The van der Waals surface area contributed by atoms with E-state index in [1.807, 2.05) is 0 Å². The predicted molar refractivity (Wildman–Crippen MR) is 101 cm³/mol. The molecule has 0 aliphatic heterocycles. The van der Waals surface area contributed by atoms with Gasteiger partial charge in [-0.15, -0.1) is 0 Å². The highest BCUT2D eigenvalue weighted by atomic mass is 35.5. The lowest BCUT2D eigenvalue weighted by Crippen LogP contribution is -2.11. The molecular weight excluding hydrogens is 431 g/mol. The minimum Gasteiger partial charge on any atom is -0.258 e. The Kier molecular flexibility index (Phi) is 5.91. The van der Waals surface area contributed by atoms with Crippen LogP contribution in [-0.4, -0.2) is 13.3 Å². The lowest BCUT2D eigenvalue weighted by atomic mass is 9.83. The largest absolute Gasteiger partial charge is 0.417 e. The van der Waals surface area contributed by atoms with Crippen molar-refractivity contribution in [2.75, 3.05) is 0 Å². The third-order valence-electron chi connectivity index (χ3n) is 5.10. The van der Waals surface area contributed by atoms with Gasteiger partial charge in [0.05, 0.1) is 25.3 Å². The molecule has 0 unspecified atom stereocenters. The van der Waals surface area contributed by atoms with Gasteiger partial charge in [-0.3, -0.25) is 10.1 Å². The van der Waals surface area contributed by atoms with Gasteiger partial charge in [0, 0.05) is 11.6 Å². The van der Waals surface area contributed by atoms with E-state index in [1.54, 1.807) is 0 Å². The average molecular weight is 448 g/mol. The first kappa shape index (κ1) is 21.6. The van der Waals surface area contributed by atoms with Gasteiger partial charge in [0.25, 0.3) is 5.69 Å². The molecule has 0 atom stereocenters. The van der Waals surface area contributed by atoms with Crippen molar-refractivity contribution in [2.24, 2.45) is 0 Å². The van der Waals surface area contributed by atoms with E-state index in [0.29, 0.717) is 24.5 Å². The Balaban J connectivity index is 2.11. The second kappa shape index (κ2) is 7.95. The summed E-state index contributed by atoms with van der Waals surface area (Å²) in [5.74, 6) is -0.157. The third kappa shape index (κ3) is 4.40. The number of rotatable bonds is 4. The van der Waals surface area contributed by atoms with Crippen LogP contribution < -0.4 is 0 Å². The Labute approximate surface area is 170 Å². The molecule has 3 rings (SSSR count). The maximum Gasteiger partial charge on any atom is 0.417 e. The average Bonchev–Trinajstić information content (AvgIpc) is 2.67. The van der Waals surface area contributed by atoms with Crippen LogP contribution in [0.2, 0.25) is 5.02 Å². The summed E-state index contributed by atoms with van der Waals surface area (Å²) < 4.78 is 65.3. The summed E-state index contributed by atoms with van der Waals surface area (Å²) in [6, 6.07) is 5.75. The summed E-state index contributed by atoms with van der Waals surface area (Å²) in [5.41, 5.74) is -1.13. The molecule has 0 radical (unpaired) electrons. The van der Waals surface area contributed by atoms with Crippen LogP contribution >= 0.6 is 11.6 Å². The zero-order valence-corrected chi connectivity index (χ0v) is 16.6. The molecule has 0 spiro atoms. The number of alkyl halides is 3. The molecule has 1 aliphatic carbocycles. The number of sulfone groups is 1. The highest BCUT2D eigenvalue weighted by molar-refractivity contribution is 7.91. The molecule has 1 saturated carbocycles. The van der Waals surface area contributed by atoms with E-state index in [4.69, 9.17) is 11.6 Å². The van der Waals surface area contributed by atoms with Crippen LogP contribution in [0, 0.1) is 10.1 Å². The van der Waals surface area contributed by atoms with Crippen LogP contribution in [0.5, 0.6) is 0 Å². The van der Waals surface area contributed by atoms with Crippen molar-refractivity contribution < 1.29 is 26.5 Å². The Hall–Kier alpha value is -2.13. The Morgan fingerprint density at radius 2 is 1.59 bits per heavy atom. The van der Waals surface area contributed by atoms with E-state index in [2.05, 4.69) is 0 Å². The Bertz CT molecular complexity index is 1050. The predicted octanol–water partition coefficient (Wildman–Crippen LogP) is 6.15. The van der Waals surface area contributed by atoms with Gasteiger partial charge in [-0.2, -0.15) is 13.2 Å². The van der Waals surface area contributed by atoms with Gasteiger partial charge in [-0.25, -0.2) is 8.42 Å². The van der Waals surface area contributed by atoms with Crippen molar-refractivity contribution in [3.63, 3.8) is 0 Å². The van der Waals surface area contributed by atoms with Crippen molar-refractivity contribution in [1.29, 1.82) is 0 Å². The summed E-state index contributed by atoms with van der Waals surface area (Å²) in [7, 11) is -4.32. The lowest BCUT2D eigenvalue weighted by Gasteiger charge is -2.22. The lowest BCUT2D eigenvalue weighted by molar-refractivity contribution is -0.385. The first-order chi connectivity index (χ1) is 13.5. The maximum atomic E-state index is 13.1. The van der Waals surface area contributed by atoms with E-state index in [-0.39, 0.29) is 16.5 Å². The van der Waals surface area contributed by atoms with Crippen LogP contribution in [0.15, 0.2) is 46.2 Å². The SMILES string of the molecule is O=[N+]([O-])c1ccc(S(=O)(=O)c2ccc(Cl)c(C(F)(F)F)c2)cc1C1CCCCC1. The molecule has 156 valence electrons. The number of benzene rings is 2. The normalized spacial score (nSPS) is 16.0. The van der Waals surface area contributed by atoms with Crippen LogP contribution in [-0.2, 0) is 16.0 Å². The number of hydrogen-bond donors (Lipinski definition) is 0. The van der Waals surface area contributed by atoms with Gasteiger partial charge < -0.3 is 0 Å². The van der Waals surface area contributed by atoms with Crippen molar-refractivity contribution in [2.45, 2.75) is 54.0 Å². The van der Waals surface area contributed by atoms with Crippen molar-refractivity contribution in [3.05, 3.63) is 62.7 Å². The van der Waals surface area contributed by atoms with Crippen LogP contribution in [0.3, 0.4) is 0 Å². The van der Waals surface area contributed by atoms with E-state index in [9.17, 15) is 31.7 Å². The molecule has 0 aromatic heterocycles. The highest BCUT2D eigenvalue weighted by Gasteiger charge is 2.35. The standard InChI is InChI=1S/C19H17ClF3NO4S/c20-17-8-6-14(11-16(17)19(21,22)23)29(27,28)13-7-9-18(24(25)26)15(10-13)12-4-2-1-3-5-12/h6-12H,1-5H2. The van der Waals surface area contributed by atoms with E-state index >= 15 is 0 Å². The van der Waals surface area contributed by atoms with Crippen LogP contribution in [0.1, 0.15) is 49.1 Å². The van der Waals surface area contributed by atoms with Gasteiger partial charge in [0.15, 0.2) is 0 Å². The zero-order chi connectivity index (χ0) is 21.4. The fraction of sp³-hybridized carbons (Fsp3) is 0.368. The fourth-order valence-electron chi connectivity index (χ4n) is 3.63. The molecule has 29 heavy (non-hydrogen) atoms. The molecule has 0 heterocycles. The molecule has 1 fully saturated rings. The molecule has 5 nitrogen and oxygen atoms in total. The smallest absolute Gasteiger partial charge is 0.258 e. The molecule has 0 saturated heterocycles. The summed E-state index contributed by atoms with van der Waals surface area (Å²) in [5, 5.41) is 10.8. The monoisotopic (exact) mass is 447 g/mol. The number of hydrogen-bond acceptors (Lipinski definition) is 4. The Morgan fingerprint density at radius 3 is 2.17 bits per heavy atom. The van der Waals surface area contributed by atoms with E-state index in [0.717, 1.165) is 43.5 Å². The van der Waals surface area contributed by atoms with Crippen molar-refractivity contribution >= 4 is 27.1 Å². The quantitative estimate of drug-likeness (QED) is 0.416. The van der Waals surface area contributed by atoms with Crippen LogP contribution in [0.25, 0.3) is 0 Å². The summed E-state index contributed by atoms with van der Waals surface area (Å²) >= 11 is 5.57. The number of nitro groups is 1. The maximum absolute atomic E-state index is 13.1. The molecule has 10 heteroatoms.